The van der Waals surface area contributed by atoms with E-state index < -0.39 is 17.1 Å². The second kappa shape index (κ2) is 7.15. The third-order valence-corrected chi connectivity index (χ3v) is 3.96. The summed E-state index contributed by atoms with van der Waals surface area (Å²) in [7, 11) is 0. The molecular formula is C20H24N2O4. The number of rotatable bonds is 4. The number of hydrogen-bond acceptors (Lipinski definition) is 5. The second-order valence-corrected chi connectivity index (χ2v) is 7.11. The van der Waals surface area contributed by atoms with E-state index in [2.05, 4.69) is 0 Å². The zero-order chi connectivity index (χ0) is 19.6. The minimum absolute atomic E-state index is 0.0989. The molecule has 6 nitrogen and oxygen atoms in total. The molecule has 0 saturated carbocycles. The fraction of sp³-hybridized carbons (Fsp3) is 0.350. The van der Waals surface area contributed by atoms with Crippen molar-refractivity contribution in [3.8, 4) is 0 Å². The Bertz CT molecular complexity index is 811. The van der Waals surface area contributed by atoms with Crippen LogP contribution in [0.1, 0.15) is 33.3 Å². The van der Waals surface area contributed by atoms with Gasteiger partial charge < -0.3 is 9.84 Å². The summed E-state index contributed by atoms with van der Waals surface area (Å²) in [5.41, 5.74) is 0.779. The number of ether oxygens (including phenoxy) is 1. The zero-order valence-corrected chi connectivity index (χ0v) is 15.7. The van der Waals surface area contributed by atoms with Crippen molar-refractivity contribution < 1.29 is 19.4 Å². The first-order chi connectivity index (χ1) is 12.1. The molecule has 0 aliphatic carbocycles. The summed E-state index contributed by atoms with van der Waals surface area (Å²) >= 11 is 0. The highest BCUT2D eigenvalue weighted by molar-refractivity contribution is 6.28. The highest BCUT2D eigenvalue weighted by Crippen LogP contribution is 2.34. The number of carbonyl (C=O) groups is 2. The SMILES string of the molecule is CCOC(=O)C1=C(O)/C(=C\C(=O)C(C)(C)C)N(c2ccc(C)cc2)C1=N. The number of allylic oxidation sites excluding steroid dienone is 1. The monoisotopic (exact) mass is 356 g/mol. The standard InChI is InChI=1S/C20H24N2O4/c1-6-26-19(25)16-17(24)14(11-15(23)20(3,4)5)22(18(16)21)13-9-7-12(2)8-10-13/h7-11,21,24H,6H2,1-5H3/b14-11+,21-18?. The predicted octanol–water partition coefficient (Wildman–Crippen LogP) is 3.67. The third kappa shape index (κ3) is 3.69. The van der Waals surface area contributed by atoms with Crippen molar-refractivity contribution in [2.24, 2.45) is 5.41 Å². The van der Waals surface area contributed by atoms with Gasteiger partial charge in [-0.05, 0) is 26.0 Å². The lowest BCUT2D eigenvalue weighted by molar-refractivity contribution is -0.138. The van der Waals surface area contributed by atoms with Crippen molar-refractivity contribution in [2.45, 2.75) is 34.6 Å². The highest BCUT2D eigenvalue weighted by atomic mass is 16.5. The lowest BCUT2D eigenvalue weighted by Gasteiger charge is -2.22. The minimum Gasteiger partial charge on any atom is -0.505 e. The van der Waals surface area contributed by atoms with E-state index in [1.165, 1.54) is 11.0 Å². The summed E-state index contributed by atoms with van der Waals surface area (Å²) < 4.78 is 4.95. The molecule has 6 heteroatoms. The molecule has 0 unspecified atom stereocenters. The number of ketones is 1. The van der Waals surface area contributed by atoms with Gasteiger partial charge in [-0.1, -0.05) is 38.5 Å². The molecule has 138 valence electrons. The Hall–Kier alpha value is -2.89. The lowest BCUT2D eigenvalue weighted by atomic mass is 9.90. The number of carbonyl (C=O) groups excluding carboxylic acids is 2. The van der Waals surface area contributed by atoms with Crippen LogP contribution in [-0.2, 0) is 14.3 Å². The summed E-state index contributed by atoms with van der Waals surface area (Å²) in [5.74, 6) is -1.67. The van der Waals surface area contributed by atoms with E-state index in [-0.39, 0.29) is 29.5 Å². The van der Waals surface area contributed by atoms with Crippen molar-refractivity contribution in [1.29, 1.82) is 5.41 Å². The molecule has 0 amide bonds. The Morgan fingerprint density at radius 2 is 1.81 bits per heavy atom. The van der Waals surface area contributed by atoms with E-state index in [0.717, 1.165) is 5.56 Å². The van der Waals surface area contributed by atoms with Gasteiger partial charge in [-0.2, -0.15) is 0 Å². The Morgan fingerprint density at radius 1 is 1.23 bits per heavy atom. The van der Waals surface area contributed by atoms with Crippen LogP contribution in [0.3, 0.4) is 0 Å². The molecule has 1 aromatic carbocycles. The average molecular weight is 356 g/mol. The van der Waals surface area contributed by atoms with Gasteiger partial charge in [0.1, 0.15) is 11.4 Å². The van der Waals surface area contributed by atoms with Gasteiger partial charge in [-0.3, -0.25) is 15.1 Å². The van der Waals surface area contributed by atoms with Crippen LogP contribution >= 0.6 is 0 Å². The molecule has 1 aliphatic heterocycles. The number of anilines is 1. The maximum absolute atomic E-state index is 12.5. The number of nitrogens with zero attached hydrogens (tertiary/aromatic N) is 1. The van der Waals surface area contributed by atoms with Crippen molar-refractivity contribution in [1.82, 2.24) is 0 Å². The molecule has 1 aromatic rings. The van der Waals surface area contributed by atoms with Crippen LogP contribution < -0.4 is 4.90 Å². The quantitative estimate of drug-likeness (QED) is 0.634. The van der Waals surface area contributed by atoms with Crippen LogP contribution in [0.2, 0.25) is 0 Å². The summed E-state index contributed by atoms with van der Waals surface area (Å²) in [5, 5.41) is 19.0. The number of esters is 1. The number of aliphatic hydroxyl groups excluding tert-OH is 1. The first-order valence-corrected chi connectivity index (χ1v) is 8.40. The number of hydrogen-bond donors (Lipinski definition) is 2. The van der Waals surface area contributed by atoms with E-state index in [4.69, 9.17) is 10.1 Å². The molecule has 1 heterocycles. The highest BCUT2D eigenvalue weighted by Gasteiger charge is 2.39. The Balaban J connectivity index is 2.60. The van der Waals surface area contributed by atoms with Gasteiger partial charge in [0.2, 0.25) is 0 Å². The van der Waals surface area contributed by atoms with Gasteiger partial charge in [0.05, 0.1) is 12.3 Å². The number of nitrogens with one attached hydrogen (secondary N) is 1. The molecule has 2 N–H and O–H groups in total. The van der Waals surface area contributed by atoms with Crippen molar-refractivity contribution in [3.63, 3.8) is 0 Å². The number of aryl methyl sites for hydroxylation is 1. The lowest BCUT2D eigenvalue weighted by Crippen LogP contribution is -2.28. The number of amidine groups is 1. The van der Waals surface area contributed by atoms with E-state index in [0.29, 0.717) is 5.69 Å². The molecule has 0 aromatic heterocycles. The summed E-state index contributed by atoms with van der Waals surface area (Å²) in [6.07, 6.45) is 1.27. The average Bonchev–Trinajstić information content (AvgIpc) is 2.78. The van der Waals surface area contributed by atoms with Crippen LogP contribution in [0.4, 0.5) is 5.69 Å². The maximum Gasteiger partial charge on any atom is 0.345 e. The molecule has 0 saturated heterocycles. The zero-order valence-electron chi connectivity index (χ0n) is 15.7. The molecule has 1 aliphatic rings. The van der Waals surface area contributed by atoms with Crippen LogP contribution in [0.5, 0.6) is 0 Å². The van der Waals surface area contributed by atoms with Crippen LogP contribution in [0, 0.1) is 17.7 Å². The minimum atomic E-state index is -0.793. The van der Waals surface area contributed by atoms with E-state index in [1.54, 1.807) is 39.8 Å². The predicted molar refractivity (Wildman–Crippen MR) is 100 cm³/mol. The van der Waals surface area contributed by atoms with Gasteiger partial charge in [0, 0.05) is 17.2 Å². The molecule has 26 heavy (non-hydrogen) atoms. The molecule has 0 fully saturated rings. The third-order valence-electron chi connectivity index (χ3n) is 3.96. The van der Waals surface area contributed by atoms with Crippen LogP contribution in [0.25, 0.3) is 0 Å². The largest absolute Gasteiger partial charge is 0.505 e. The molecule has 0 spiro atoms. The van der Waals surface area contributed by atoms with Crippen molar-refractivity contribution >= 4 is 23.3 Å². The van der Waals surface area contributed by atoms with Gasteiger partial charge >= 0.3 is 5.97 Å². The summed E-state index contributed by atoms with van der Waals surface area (Å²) in [6, 6.07) is 7.23. The second-order valence-electron chi connectivity index (χ2n) is 7.11. The van der Waals surface area contributed by atoms with Gasteiger partial charge in [0.25, 0.3) is 0 Å². The topological polar surface area (TPSA) is 90.7 Å². The molecule has 0 bridgehead atoms. The number of benzene rings is 1. The fourth-order valence-electron chi connectivity index (χ4n) is 2.41. The smallest absolute Gasteiger partial charge is 0.345 e. The van der Waals surface area contributed by atoms with Gasteiger partial charge in [0.15, 0.2) is 11.5 Å². The fourth-order valence-corrected chi connectivity index (χ4v) is 2.41. The Morgan fingerprint density at radius 3 is 2.31 bits per heavy atom. The maximum atomic E-state index is 12.5. The molecular weight excluding hydrogens is 332 g/mol. The van der Waals surface area contributed by atoms with Gasteiger partial charge in [-0.15, -0.1) is 0 Å². The summed E-state index contributed by atoms with van der Waals surface area (Å²) in [6.45, 7) is 8.97. The number of aliphatic hydroxyl groups is 1. The van der Waals surface area contributed by atoms with E-state index >= 15 is 0 Å². The molecule has 0 atom stereocenters. The first kappa shape index (κ1) is 19.4. The van der Waals surface area contributed by atoms with E-state index in [1.807, 2.05) is 19.1 Å². The van der Waals surface area contributed by atoms with Gasteiger partial charge in [-0.25, -0.2) is 4.79 Å². The Kier molecular flexibility index (Phi) is 5.35. The summed E-state index contributed by atoms with van der Waals surface area (Å²) in [4.78, 5) is 26.1. The van der Waals surface area contributed by atoms with E-state index in [9.17, 15) is 14.7 Å². The normalized spacial score (nSPS) is 16.4. The molecule has 2 rings (SSSR count). The Labute approximate surface area is 153 Å². The molecule has 0 radical (unpaired) electrons. The first-order valence-electron chi connectivity index (χ1n) is 8.40. The van der Waals surface area contributed by atoms with Crippen LogP contribution in [0.15, 0.2) is 47.4 Å². The van der Waals surface area contributed by atoms with Crippen LogP contribution in [-0.4, -0.2) is 29.3 Å². The van der Waals surface area contributed by atoms with Crippen molar-refractivity contribution in [2.75, 3.05) is 11.5 Å². The van der Waals surface area contributed by atoms with Crippen molar-refractivity contribution in [3.05, 3.63) is 52.9 Å².